The molecule has 1 aliphatic carbocycles. The van der Waals surface area contributed by atoms with E-state index < -0.39 is 15.9 Å². The first-order valence-electron chi connectivity index (χ1n) is 8.61. The van der Waals surface area contributed by atoms with Crippen molar-refractivity contribution in [2.24, 2.45) is 5.73 Å². The summed E-state index contributed by atoms with van der Waals surface area (Å²) >= 11 is 0. The SMILES string of the molecule is COCCN1C(=O)c2ccc(C(=O)NC3CCC(N)CC3)cc2S1(=O)=O.Cl. The predicted octanol–water partition coefficient (Wildman–Crippen LogP) is 0.899. The number of hydrogen-bond donors (Lipinski definition) is 2. The molecule has 10 heteroatoms. The molecule has 2 amide bonds. The van der Waals surface area contributed by atoms with Crippen LogP contribution in [0.4, 0.5) is 0 Å². The highest BCUT2D eigenvalue weighted by atomic mass is 35.5. The largest absolute Gasteiger partial charge is 0.383 e. The van der Waals surface area contributed by atoms with Crippen molar-refractivity contribution >= 4 is 34.2 Å². The number of sulfonamides is 1. The Morgan fingerprint density at radius 1 is 1.30 bits per heavy atom. The summed E-state index contributed by atoms with van der Waals surface area (Å²) in [5.41, 5.74) is 6.18. The lowest BCUT2D eigenvalue weighted by molar-refractivity contribution is 0.0835. The Kier molecular flexibility index (Phi) is 6.85. The number of nitrogens with one attached hydrogen (secondary N) is 1. The van der Waals surface area contributed by atoms with Crippen LogP contribution in [-0.4, -0.2) is 56.9 Å². The molecule has 3 rings (SSSR count). The lowest BCUT2D eigenvalue weighted by atomic mass is 9.91. The van der Waals surface area contributed by atoms with Crippen molar-refractivity contribution < 1.29 is 22.7 Å². The molecule has 3 N–H and O–H groups in total. The fraction of sp³-hybridized carbons (Fsp3) is 0.529. The zero-order valence-electron chi connectivity index (χ0n) is 15.0. The second kappa shape index (κ2) is 8.55. The molecular weight excluding hydrogens is 394 g/mol. The van der Waals surface area contributed by atoms with Gasteiger partial charge >= 0.3 is 0 Å². The monoisotopic (exact) mass is 417 g/mol. The fourth-order valence-electron chi connectivity index (χ4n) is 3.34. The highest BCUT2D eigenvalue weighted by Gasteiger charge is 2.41. The number of methoxy groups -OCH3 is 1. The third-order valence-corrected chi connectivity index (χ3v) is 6.70. The van der Waals surface area contributed by atoms with Gasteiger partial charge < -0.3 is 15.8 Å². The second-order valence-electron chi connectivity index (χ2n) is 6.67. The molecule has 2 aliphatic rings. The first-order valence-corrected chi connectivity index (χ1v) is 10.0. The molecule has 1 aromatic rings. The Morgan fingerprint density at radius 2 is 1.96 bits per heavy atom. The number of hydrogen-bond acceptors (Lipinski definition) is 6. The maximum Gasteiger partial charge on any atom is 0.269 e. The van der Waals surface area contributed by atoms with E-state index in [4.69, 9.17) is 10.5 Å². The van der Waals surface area contributed by atoms with Gasteiger partial charge in [-0.2, -0.15) is 0 Å². The van der Waals surface area contributed by atoms with Crippen molar-refractivity contribution in [3.05, 3.63) is 29.3 Å². The minimum atomic E-state index is -3.96. The Bertz CT molecular complexity index is 822. The number of nitrogens with zero attached hydrogens (tertiary/aromatic N) is 1. The lowest BCUT2D eigenvalue weighted by Gasteiger charge is -2.26. The van der Waals surface area contributed by atoms with Crippen molar-refractivity contribution in [3.8, 4) is 0 Å². The molecule has 8 nitrogen and oxygen atoms in total. The van der Waals surface area contributed by atoms with Crippen LogP contribution in [0.15, 0.2) is 23.1 Å². The molecule has 27 heavy (non-hydrogen) atoms. The van der Waals surface area contributed by atoms with Gasteiger partial charge in [-0.3, -0.25) is 9.59 Å². The van der Waals surface area contributed by atoms with Crippen molar-refractivity contribution in [3.63, 3.8) is 0 Å². The van der Waals surface area contributed by atoms with Gasteiger partial charge in [-0.25, -0.2) is 12.7 Å². The summed E-state index contributed by atoms with van der Waals surface area (Å²) in [6.45, 7) is 0.0479. The molecule has 0 bridgehead atoms. The first kappa shape index (κ1) is 21.6. The highest BCUT2D eigenvalue weighted by molar-refractivity contribution is 7.90. The Labute approximate surface area is 164 Å². The molecule has 1 heterocycles. The van der Waals surface area contributed by atoms with Gasteiger partial charge in [0.1, 0.15) is 4.90 Å². The topological polar surface area (TPSA) is 119 Å². The van der Waals surface area contributed by atoms with E-state index in [2.05, 4.69) is 5.32 Å². The average Bonchev–Trinajstić information content (AvgIpc) is 2.81. The maximum absolute atomic E-state index is 12.6. The number of halogens is 1. The van der Waals surface area contributed by atoms with Crippen molar-refractivity contribution in [2.45, 2.75) is 42.7 Å². The molecule has 0 saturated heterocycles. The van der Waals surface area contributed by atoms with Gasteiger partial charge in [-0.05, 0) is 43.9 Å². The molecule has 0 atom stereocenters. The first-order chi connectivity index (χ1) is 12.3. The molecule has 1 fully saturated rings. The minimum Gasteiger partial charge on any atom is -0.383 e. The molecule has 0 unspecified atom stereocenters. The van der Waals surface area contributed by atoms with E-state index in [1.54, 1.807) is 0 Å². The summed E-state index contributed by atoms with van der Waals surface area (Å²) in [5.74, 6) is -0.934. The maximum atomic E-state index is 12.6. The van der Waals surface area contributed by atoms with Gasteiger partial charge in [0, 0.05) is 24.8 Å². The fourth-order valence-corrected chi connectivity index (χ4v) is 4.92. The molecule has 150 valence electrons. The smallest absolute Gasteiger partial charge is 0.269 e. The van der Waals surface area contributed by atoms with Crippen LogP contribution < -0.4 is 11.1 Å². The van der Waals surface area contributed by atoms with Crippen LogP contribution in [0.2, 0.25) is 0 Å². The minimum absolute atomic E-state index is 0. The molecule has 0 radical (unpaired) electrons. The summed E-state index contributed by atoms with van der Waals surface area (Å²) in [6, 6.07) is 4.37. The molecule has 0 spiro atoms. The summed E-state index contributed by atoms with van der Waals surface area (Å²) < 4.78 is 30.9. The van der Waals surface area contributed by atoms with Gasteiger partial charge in [-0.1, -0.05) is 0 Å². The number of ether oxygens (including phenoxy) is 1. The molecule has 0 aromatic heterocycles. The van der Waals surface area contributed by atoms with Gasteiger partial charge in [0.05, 0.1) is 18.7 Å². The van der Waals surface area contributed by atoms with Crippen LogP contribution in [0.25, 0.3) is 0 Å². The van der Waals surface area contributed by atoms with E-state index in [9.17, 15) is 18.0 Å². The molecule has 1 saturated carbocycles. The molecular formula is C17H24ClN3O5S. The Balaban J connectivity index is 0.00000261. The summed E-state index contributed by atoms with van der Waals surface area (Å²) in [5, 5.41) is 2.92. The van der Waals surface area contributed by atoms with Gasteiger partial charge in [-0.15, -0.1) is 12.4 Å². The van der Waals surface area contributed by atoms with Gasteiger partial charge in [0.15, 0.2) is 0 Å². The average molecular weight is 418 g/mol. The van der Waals surface area contributed by atoms with Crippen LogP contribution in [0.3, 0.4) is 0 Å². The van der Waals surface area contributed by atoms with E-state index in [1.165, 1.54) is 25.3 Å². The Hall–Kier alpha value is -1.68. The van der Waals surface area contributed by atoms with E-state index >= 15 is 0 Å². The number of benzene rings is 1. The zero-order chi connectivity index (χ0) is 18.9. The number of fused-ring (bicyclic) bond motifs is 1. The van der Waals surface area contributed by atoms with Crippen LogP contribution in [0.5, 0.6) is 0 Å². The third kappa shape index (κ3) is 4.26. The normalized spacial score (nSPS) is 23.5. The summed E-state index contributed by atoms with van der Waals surface area (Å²) in [7, 11) is -2.53. The zero-order valence-corrected chi connectivity index (χ0v) is 16.6. The lowest BCUT2D eigenvalue weighted by Crippen LogP contribution is -2.40. The van der Waals surface area contributed by atoms with E-state index in [-0.39, 0.29) is 59.6 Å². The quantitative estimate of drug-likeness (QED) is 0.734. The number of amides is 2. The van der Waals surface area contributed by atoms with Gasteiger partial charge in [0.25, 0.3) is 21.8 Å². The number of carbonyl (C=O) groups is 2. The standard InChI is InChI=1S/C17H23N3O5S.ClH/c1-25-9-8-20-17(22)14-7-2-11(10-15(14)26(20,23)24)16(21)19-13-5-3-12(18)4-6-13;/h2,7,10,12-13H,3-6,8-9,18H2,1H3,(H,19,21);1H. The van der Waals surface area contributed by atoms with Crippen LogP contribution in [0.1, 0.15) is 46.4 Å². The second-order valence-corrected chi connectivity index (χ2v) is 8.50. The van der Waals surface area contributed by atoms with Crippen LogP contribution in [0, 0.1) is 0 Å². The highest BCUT2D eigenvalue weighted by Crippen LogP contribution is 2.31. The summed E-state index contributed by atoms with van der Waals surface area (Å²) in [6.07, 6.45) is 3.32. The number of carbonyl (C=O) groups excluding carboxylic acids is 2. The van der Waals surface area contributed by atoms with Crippen molar-refractivity contribution in [1.29, 1.82) is 0 Å². The number of nitrogens with two attached hydrogens (primary N) is 1. The number of rotatable bonds is 5. The van der Waals surface area contributed by atoms with E-state index in [0.717, 1.165) is 30.0 Å². The van der Waals surface area contributed by atoms with Crippen LogP contribution >= 0.6 is 12.4 Å². The molecule has 1 aromatic carbocycles. The molecule has 1 aliphatic heterocycles. The summed E-state index contributed by atoms with van der Waals surface area (Å²) in [4.78, 5) is 24.7. The van der Waals surface area contributed by atoms with Crippen molar-refractivity contribution in [2.75, 3.05) is 20.3 Å². The Morgan fingerprint density at radius 3 is 2.59 bits per heavy atom. The van der Waals surface area contributed by atoms with E-state index in [1.807, 2.05) is 0 Å². The van der Waals surface area contributed by atoms with Crippen molar-refractivity contribution in [1.82, 2.24) is 9.62 Å². The van der Waals surface area contributed by atoms with Gasteiger partial charge in [0.2, 0.25) is 0 Å². The van der Waals surface area contributed by atoms with E-state index in [0.29, 0.717) is 0 Å². The van der Waals surface area contributed by atoms with Crippen LogP contribution in [-0.2, 0) is 14.8 Å². The predicted molar refractivity (Wildman–Crippen MR) is 101 cm³/mol. The third-order valence-electron chi connectivity index (χ3n) is 4.87.